The van der Waals surface area contributed by atoms with Gasteiger partial charge in [0.1, 0.15) is 11.6 Å². The van der Waals surface area contributed by atoms with Crippen LogP contribution in [0.5, 0.6) is 5.75 Å². The molecule has 1 aromatic heterocycles. The molecule has 0 saturated carbocycles. The molecule has 1 amide bonds. The summed E-state index contributed by atoms with van der Waals surface area (Å²) in [5.41, 5.74) is 8.25. The number of carbonyl (C=O) groups is 1. The monoisotopic (exact) mass is 489 g/mol. The number of ether oxygens (including phenoxy) is 1. The van der Waals surface area contributed by atoms with Crippen molar-refractivity contribution in [2.75, 3.05) is 12.4 Å². The number of hydrogen-bond donors (Lipinski definition) is 2. The van der Waals surface area contributed by atoms with Gasteiger partial charge < -0.3 is 4.74 Å². The van der Waals surface area contributed by atoms with Gasteiger partial charge in [-0.3, -0.25) is 20.2 Å². The molecule has 35 heavy (non-hydrogen) atoms. The molecular formula is C26H24FN5O2S. The Balaban J connectivity index is 1.48. The first kappa shape index (κ1) is 24.0. The maximum Gasteiger partial charge on any atom is 0.248 e. The van der Waals surface area contributed by atoms with Gasteiger partial charge in [0, 0.05) is 11.3 Å². The quantitative estimate of drug-likeness (QED) is 0.245. The zero-order valence-electron chi connectivity index (χ0n) is 19.1. The molecule has 0 unspecified atom stereocenters. The minimum absolute atomic E-state index is 0.0909. The Morgan fingerprint density at radius 2 is 1.71 bits per heavy atom. The van der Waals surface area contributed by atoms with E-state index in [-0.39, 0.29) is 17.5 Å². The number of halogens is 1. The Hall–Kier alpha value is -4.11. The third kappa shape index (κ3) is 6.07. The normalized spacial score (nSPS) is 10.6. The van der Waals surface area contributed by atoms with E-state index in [2.05, 4.69) is 27.6 Å². The van der Waals surface area contributed by atoms with Crippen molar-refractivity contribution < 1.29 is 13.9 Å². The van der Waals surface area contributed by atoms with Crippen molar-refractivity contribution >= 4 is 23.4 Å². The van der Waals surface area contributed by atoms with Gasteiger partial charge in [0.15, 0.2) is 11.0 Å². The average molecular weight is 490 g/mol. The number of thioether (sulfide) groups is 1. The number of aromatic nitrogens is 3. The number of hydrazine groups is 1. The molecule has 178 valence electrons. The molecule has 7 nitrogen and oxygen atoms in total. The molecule has 0 saturated heterocycles. The first-order valence-electron chi connectivity index (χ1n) is 10.9. The molecule has 4 rings (SSSR count). The summed E-state index contributed by atoms with van der Waals surface area (Å²) in [6.45, 7) is 6.38. The molecule has 3 aromatic carbocycles. The van der Waals surface area contributed by atoms with Crippen LogP contribution in [-0.4, -0.2) is 33.0 Å². The summed E-state index contributed by atoms with van der Waals surface area (Å²) < 4.78 is 20.6. The summed E-state index contributed by atoms with van der Waals surface area (Å²) in [5.74, 6) is 0.912. The molecule has 0 aliphatic carbocycles. The number of rotatable bonds is 10. The van der Waals surface area contributed by atoms with Gasteiger partial charge in [0.2, 0.25) is 5.91 Å². The highest BCUT2D eigenvalue weighted by molar-refractivity contribution is 7.99. The van der Waals surface area contributed by atoms with Crippen molar-refractivity contribution in [3.05, 3.63) is 96.8 Å². The lowest BCUT2D eigenvalue weighted by Gasteiger charge is -2.13. The zero-order chi connectivity index (χ0) is 24.6. The Morgan fingerprint density at radius 3 is 2.40 bits per heavy atom. The Labute approximate surface area is 207 Å². The van der Waals surface area contributed by atoms with Gasteiger partial charge in [-0.1, -0.05) is 48.7 Å². The number of nitrogens with one attached hydrogen (secondary N) is 2. The predicted octanol–water partition coefficient (Wildman–Crippen LogP) is 4.86. The Kier molecular flexibility index (Phi) is 7.79. The highest BCUT2D eigenvalue weighted by Crippen LogP contribution is 2.28. The van der Waals surface area contributed by atoms with Crippen molar-refractivity contribution in [3.63, 3.8) is 0 Å². The summed E-state index contributed by atoms with van der Waals surface area (Å²) in [5, 5.41) is 9.30. The van der Waals surface area contributed by atoms with E-state index in [9.17, 15) is 9.18 Å². The highest BCUT2D eigenvalue weighted by atomic mass is 32.2. The smallest absolute Gasteiger partial charge is 0.248 e. The molecule has 1 heterocycles. The van der Waals surface area contributed by atoms with E-state index in [1.165, 1.54) is 23.9 Å². The average Bonchev–Trinajstić information content (AvgIpc) is 3.31. The van der Waals surface area contributed by atoms with Crippen LogP contribution in [0.3, 0.4) is 0 Å². The van der Waals surface area contributed by atoms with Crippen molar-refractivity contribution in [3.8, 4) is 22.8 Å². The van der Waals surface area contributed by atoms with Crippen molar-refractivity contribution in [1.82, 2.24) is 25.6 Å². The number of nitrogens with zero attached hydrogens (tertiary/aromatic N) is 3. The van der Waals surface area contributed by atoms with Gasteiger partial charge in [-0.25, -0.2) is 4.39 Å². The predicted molar refractivity (Wildman–Crippen MR) is 135 cm³/mol. The SMILES string of the molecule is C=C(NNC(=O)CSc1nnc(-c2ccccc2)n1-c1ccc(OCC)cc1)c1ccc(F)cc1. The van der Waals surface area contributed by atoms with Crippen molar-refractivity contribution in [1.29, 1.82) is 0 Å². The van der Waals surface area contributed by atoms with Crippen LogP contribution in [-0.2, 0) is 4.79 Å². The molecule has 0 aliphatic heterocycles. The minimum Gasteiger partial charge on any atom is -0.494 e. The lowest BCUT2D eigenvalue weighted by Crippen LogP contribution is -2.37. The first-order valence-corrected chi connectivity index (χ1v) is 11.9. The number of carbonyl (C=O) groups excluding carboxylic acids is 1. The van der Waals surface area contributed by atoms with Crippen LogP contribution in [0.1, 0.15) is 12.5 Å². The maximum absolute atomic E-state index is 13.1. The van der Waals surface area contributed by atoms with Crippen LogP contribution in [0.25, 0.3) is 22.8 Å². The van der Waals surface area contributed by atoms with Gasteiger partial charge in [-0.05, 0) is 61.0 Å². The van der Waals surface area contributed by atoms with Gasteiger partial charge in [0.25, 0.3) is 0 Å². The molecule has 0 radical (unpaired) electrons. The van der Waals surface area contributed by atoms with Crippen LogP contribution in [0.2, 0.25) is 0 Å². The molecule has 2 N–H and O–H groups in total. The van der Waals surface area contributed by atoms with Crippen LogP contribution in [0.4, 0.5) is 4.39 Å². The second kappa shape index (κ2) is 11.3. The van der Waals surface area contributed by atoms with E-state index in [0.29, 0.717) is 28.8 Å². The summed E-state index contributed by atoms with van der Waals surface area (Å²) in [4.78, 5) is 12.5. The molecule has 4 aromatic rings. The van der Waals surface area contributed by atoms with Gasteiger partial charge in [-0.2, -0.15) is 0 Å². The van der Waals surface area contributed by atoms with Crippen LogP contribution in [0, 0.1) is 5.82 Å². The second-order valence-electron chi connectivity index (χ2n) is 7.38. The number of hydrogen-bond acceptors (Lipinski definition) is 6. The van der Waals surface area contributed by atoms with E-state index in [1.807, 2.05) is 66.1 Å². The molecule has 0 bridgehead atoms. The van der Waals surface area contributed by atoms with Gasteiger partial charge >= 0.3 is 0 Å². The fourth-order valence-electron chi connectivity index (χ4n) is 3.26. The van der Waals surface area contributed by atoms with Gasteiger partial charge in [-0.15, -0.1) is 10.2 Å². The third-order valence-electron chi connectivity index (χ3n) is 4.95. The zero-order valence-corrected chi connectivity index (χ0v) is 19.9. The van der Waals surface area contributed by atoms with Crippen LogP contribution >= 0.6 is 11.8 Å². The minimum atomic E-state index is -0.339. The van der Waals surface area contributed by atoms with E-state index in [0.717, 1.165) is 17.0 Å². The van der Waals surface area contributed by atoms with E-state index < -0.39 is 0 Å². The lowest BCUT2D eigenvalue weighted by molar-refractivity contribution is -0.119. The maximum atomic E-state index is 13.1. The topological polar surface area (TPSA) is 81.1 Å². The highest BCUT2D eigenvalue weighted by Gasteiger charge is 2.17. The Bertz CT molecular complexity index is 1290. The molecule has 0 aliphatic rings. The molecule has 9 heteroatoms. The standard InChI is InChI=1S/C26H24FN5O2S/c1-3-34-23-15-13-22(14-16-23)32-25(20-7-5-4-6-8-20)30-31-26(32)35-17-24(33)29-28-18(2)19-9-11-21(27)12-10-19/h4-16,28H,2-3,17H2,1H3,(H,29,33). The van der Waals surface area contributed by atoms with E-state index in [4.69, 9.17) is 4.74 Å². The summed E-state index contributed by atoms with van der Waals surface area (Å²) in [6, 6.07) is 23.2. The summed E-state index contributed by atoms with van der Waals surface area (Å²) >= 11 is 1.26. The number of benzene rings is 3. The second-order valence-corrected chi connectivity index (χ2v) is 8.32. The largest absolute Gasteiger partial charge is 0.494 e. The van der Waals surface area contributed by atoms with E-state index in [1.54, 1.807) is 12.1 Å². The molecule has 0 fully saturated rings. The first-order chi connectivity index (χ1) is 17.0. The molecule has 0 spiro atoms. The third-order valence-corrected chi connectivity index (χ3v) is 5.88. The number of amides is 1. The van der Waals surface area contributed by atoms with E-state index >= 15 is 0 Å². The van der Waals surface area contributed by atoms with Crippen LogP contribution < -0.4 is 15.6 Å². The fourth-order valence-corrected chi connectivity index (χ4v) is 4.01. The van der Waals surface area contributed by atoms with Crippen molar-refractivity contribution in [2.24, 2.45) is 0 Å². The summed E-state index contributed by atoms with van der Waals surface area (Å²) in [6.07, 6.45) is 0. The van der Waals surface area contributed by atoms with Gasteiger partial charge in [0.05, 0.1) is 18.1 Å². The fraction of sp³-hybridized carbons (Fsp3) is 0.115. The molecule has 0 atom stereocenters. The Morgan fingerprint density at radius 1 is 1.00 bits per heavy atom. The molecular weight excluding hydrogens is 465 g/mol. The van der Waals surface area contributed by atoms with Crippen molar-refractivity contribution in [2.45, 2.75) is 12.1 Å². The van der Waals surface area contributed by atoms with Crippen LogP contribution in [0.15, 0.2) is 90.6 Å². The lowest BCUT2D eigenvalue weighted by atomic mass is 10.2. The summed E-state index contributed by atoms with van der Waals surface area (Å²) in [7, 11) is 0.